The van der Waals surface area contributed by atoms with Crippen LogP contribution in [0.25, 0.3) is 11.0 Å². The van der Waals surface area contributed by atoms with E-state index >= 15 is 0 Å². The Hall–Kier alpha value is -3.04. The molecule has 2 heterocycles. The Balaban J connectivity index is 0.00000103. The topological polar surface area (TPSA) is 112 Å². The maximum Gasteiger partial charge on any atom is 0.264 e. The number of likely N-dealkylation sites (tertiary alicyclic amines) is 1. The highest BCUT2D eigenvalue weighted by Crippen LogP contribution is 2.26. The normalized spacial score (nSPS) is 15.7. The zero-order valence-corrected chi connectivity index (χ0v) is 22.0. The van der Waals surface area contributed by atoms with Crippen LogP contribution in [0, 0.1) is 6.92 Å². The van der Waals surface area contributed by atoms with Gasteiger partial charge in [-0.3, -0.25) is 19.5 Å². The zero-order chi connectivity index (χ0) is 26.0. The number of rotatable bonds is 4. The van der Waals surface area contributed by atoms with E-state index in [1.54, 1.807) is 35.2 Å². The number of aryl methyl sites for hydroxylation is 1. The summed E-state index contributed by atoms with van der Waals surface area (Å²) in [5, 5.41) is 9.88. The van der Waals surface area contributed by atoms with Gasteiger partial charge in [0.1, 0.15) is 10.4 Å². The van der Waals surface area contributed by atoms with Crippen molar-refractivity contribution >= 4 is 32.7 Å². The minimum absolute atomic E-state index is 0.00380. The number of nitrogens with one attached hydrogen (secondary N) is 1. The van der Waals surface area contributed by atoms with E-state index in [4.69, 9.17) is 0 Å². The molecule has 9 heteroatoms. The predicted octanol–water partition coefficient (Wildman–Crippen LogP) is 4.78. The lowest BCUT2D eigenvalue weighted by Gasteiger charge is -2.22. The molecule has 1 fully saturated rings. The van der Waals surface area contributed by atoms with Crippen LogP contribution in [-0.4, -0.2) is 53.5 Å². The van der Waals surface area contributed by atoms with E-state index in [9.17, 15) is 18.3 Å². The number of para-hydroxylation sites is 1. The number of aliphatic hydroxyl groups excluding tert-OH is 1. The van der Waals surface area contributed by atoms with E-state index in [-0.39, 0.29) is 27.6 Å². The molecular formula is C26H36N4O4S. The summed E-state index contributed by atoms with van der Waals surface area (Å²) in [5.41, 5.74) is 2.04. The second kappa shape index (κ2) is 13.2. The Labute approximate surface area is 208 Å². The standard InChI is InChI=1S/C22H24N4O4S.2C2H6/c1-15-7-8-17(22(28)26-12-3-4-16(27)9-13-26)19(14-15)25-31(29,30)20-6-2-5-18-21(20)24-11-10-23-18;2*1-2/h2,5-8,10-11,14,16,25,27H,3-4,9,12-13H2,1H3;2*1-2H3. The van der Waals surface area contributed by atoms with E-state index in [0.29, 0.717) is 37.9 Å². The van der Waals surface area contributed by atoms with Crippen molar-refractivity contribution in [2.45, 2.75) is 64.9 Å². The molecule has 1 atom stereocenters. The highest BCUT2D eigenvalue weighted by Gasteiger charge is 2.25. The number of hydrogen-bond acceptors (Lipinski definition) is 6. The van der Waals surface area contributed by atoms with Crippen LogP contribution in [0.3, 0.4) is 0 Å². The van der Waals surface area contributed by atoms with Gasteiger partial charge < -0.3 is 10.0 Å². The number of anilines is 1. The van der Waals surface area contributed by atoms with Gasteiger partial charge in [0.15, 0.2) is 0 Å². The zero-order valence-electron chi connectivity index (χ0n) is 21.2. The molecule has 1 aromatic heterocycles. The van der Waals surface area contributed by atoms with Gasteiger partial charge >= 0.3 is 0 Å². The van der Waals surface area contributed by atoms with Gasteiger partial charge in [0, 0.05) is 25.5 Å². The molecule has 0 radical (unpaired) electrons. The first-order valence-electron chi connectivity index (χ1n) is 12.2. The summed E-state index contributed by atoms with van der Waals surface area (Å²) >= 11 is 0. The molecule has 1 saturated heterocycles. The fourth-order valence-electron chi connectivity index (χ4n) is 3.76. The minimum Gasteiger partial charge on any atom is -0.393 e. The SMILES string of the molecule is CC.CC.Cc1ccc(C(=O)N2CCCC(O)CC2)c(NS(=O)(=O)c2cccc3nccnc23)c1. The Kier molecular flexibility index (Phi) is 10.6. The summed E-state index contributed by atoms with van der Waals surface area (Å²) in [6.45, 7) is 10.8. The summed E-state index contributed by atoms with van der Waals surface area (Å²) in [6.07, 6.45) is 4.39. The monoisotopic (exact) mass is 500 g/mol. The highest BCUT2D eigenvalue weighted by molar-refractivity contribution is 7.93. The van der Waals surface area contributed by atoms with Crippen LogP contribution in [0.15, 0.2) is 53.7 Å². The molecule has 2 N–H and O–H groups in total. The Morgan fingerprint density at radius 2 is 1.74 bits per heavy atom. The van der Waals surface area contributed by atoms with Crippen molar-refractivity contribution in [2.24, 2.45) is 0 Å². The number of carbonyl (C=O) groups excluding carboxylic acids is 1. The lowest BCUT2D eigenvalue weighted by atomic mass is 10.1. The van der Waals surface area contributed by atoms with Gasteiger partial charge in [0.2, 0.25) is 0 Å². The smallest absolute Gasteiger partial charge is 0.264 e. The molecule has 0 aliphatic carbocycles. The number of sulfonamides is 1. The van der Waals surface area contributed by atoms with Gasteiger partial charge in [0.05, 0.1) is 22.9 Å². The number of amides is 1. The number of hydrogen-bond donors (Lipinski definition) is 2. The van der Waals surface area contributed by atoms with Gasteiger partial charge in [0.25, 0.3) is 15.9 Å². The summed E-state index contributed by atoms with van der Waals surface area (Å²) in [4.78, 5) is 23.2. The van der Waals surface area contributed by atoms with E-state index < -0.39 is 16.1 Å². The van der Waals surface area contributed by atoms with Crippen LogP contribution < -0.4 is 4.72 Å². The van der Waals surface area contributed by atoms with Crippen LogP contribution in [0.1, 0.15) is 62.9 Å². The molecule has 2 aromatic carbocycles. The first-order valence-corrected chi connectivity index (χ1v) is 13.6. The van der Waals surface area contributed by atoms with Crippen molar-refractivity contribution in [3.8, 4) is 0 Å². The van der Waals surface area contributed by atoms with Crippen LogP contribution in [0.4, 0.5) is 5.69 Å². The van der Waals surface area contributed by atoms with Crippen LogP contribution >= 0.6 is 0 Å². The third-order valence-electron chi connectivity index (χ3n) is 5.39. The van der Waals surface area contributed by atoms with E-state index in [1.165, 1.54) is 18.5 Å². The predicted molar refractivity (Wildman–Crippen MR) is 140 cm³/mol. The third-order valence-corrected chi connectivity index (χ3v) is 6.78. The molecule has 1 amide bonds. The fourth-order valence-corrected chi connectivity index (χ4v) is 5.00. The molecule has 1 aliphatic rings. The van der Waals surface area contributed by atoms with Crippen molar-refractivity contribution in [1.82, 2.24) is 14.9 Å². The Bertz CT molecular complexity index is 1230. The van der Waals surface area contributed by atoms with Crippen molar-refractivity contribution in [1.29, 1.82) is 0 Å². The van der Waals surface area contributed by atoms with Gasteiger partial charge in [-0.15, -0.1) is 0 Å². The molecule has 3 aromatic rings. The van der Waals surface area contributed by atoms with Crippen LogP contribution in [0.5, 0.6) is 0 Å². The van der Waals surface area contributed by atoms with E-state index in [2.05, 4.69) is 14.7 Å². The van der Waals surface area contributed by atoms with E-state index in [0.717, 1.165) is 5.56 Å². The molecule has 8 nitrogen and oxygen atoms in total. The second-order valence-corrected chi connectivity index (χ2v) is 9.36. The molecule has 4 rings (SSSR count). The van der Waals surface area contributed by atoms with Crippen molar-refractivity contribution < 1.29 is 18.3 Å². The maximum absolute atomic E-state index is 13.2. The molecule has 1 aliphatic heterocycles. The largest absolute Gasteiger partial charge is 0.393 e. The van der Waals surface area contributed by atoms with Gasteiger partial charge in [-0.1, -0.05) is 39.8 Å². The van der Waals surface area contributed by atoms with Gasteiger partial charge in [-0.2, -0.15) is 0 Å². The Morgan fingerprint density at radius 1 is 1.03 bits per heavy atom. The molecule has 1 unspecified atom stereocenters. The molecule has 35 heavy (non-hydrogen) atoms. The summed E-state index contributed by atoms with van der Waals surface area (Å²) < 4.78 is 29.1. The minimum atomic E-state index is -4.02. The quantitative estimate of drug-likeness (QED) is 0.533. The number of nitrogens with zero attached hydrogens (tertiary/aromatic N) is 3. The van der Waals surface area contributed by atoms with E-state index in [1.807, 2.05) is 34.6 Å². The van der Waals surface area contributed by atoms with Crippen LogP contribution in [0.2, 0.25) is 0 Å². The lowest BCUT2D eigenvalue weighted by molar-refractivity contribution is 0.0754. The highest BCUT2D eigenvalue weighted by atomic mass is 32.2. The average molecular weight is 501 g/mol. The molecular weight excluding hydrogens is 464 g/mol. The summed E-state index contributed by atoms with van der Waals surface area (Å²) in [5.74, 6) is -0.260. The number of benzene rings is 2. The average Bonchev–Trinajstić information content (AvgIpc) is 3.10. The van der Waals surface area contributed by atoms with Crippen molar-refractivity contribution in [2.75, 3.05) is 17.8 Å². The van der Waals surface area contributed by atoms with Crippen molar-refractivity contribution in [3.05, 3.63) is 59.9 Å². The number of aromatic nitrogens is 2. The second-order valence-electron chi connectivity index (χ2n) is 7.71. The molecule has 190 valence electrons. The molecule has 0 saturated carbocycles. The number of aliphatic hydroxyl groups is 1. The third kappa shape index (κ3) is 6.99. The maximum atomic E-state index is 13.2. The molecule has 0 bridgehead atoms. The van der Waals surface area contributed by atoms with Gasteiger partial charge in [-0.05, 0) is 56.0 Å². The summed E-state index contributed by atoms with van der Waals surface area (Å²) in [6, 6.07) is 9.83. The first kappa shape index (κ1) is 28.2. The Morgan fingerprint density at radius 3 is 2.49 bits per heavy atom. The fraction of sp³-hybridized carbons (Fsp3) is 0.423. The van der Waals surface area contributed by atoms with Gasteiger partial charge in [-0.25, -0.2) is 8.42 Å². The van der Waals surface area contributed by atoms with Crippen molar-refractivity contribution in [3.63, 3.8) is 0 Å². The number of carbonyl (C=O) groups is 1. The first-order chi connectivity index (χ1) is 16.8. The molecule has 0 spiro atoms. The summed E-state index contributed by atoms with van der Waals surface area (Å²) in [7, 11) is -4.02. The lowest BCUT2D eigenvalue weighted by Crippen LogP contribution is -2.33. The number of fused-ring (bicyclic) bond motifs is 1. The van der Waals surface area contributed by atoms with Crippen LogP contribution in [-0.2, 0) is 10.0 Å².